The molecule has 3 heteroatoms. The number of carbonyl (C=O) groups excluding carboxylic acids is 1. The quantitative estimate of drug-likeness (QED) is 0.836. The standard InChI is InChI=1S/C16H22O3/c1-10-6-7-11(15(19-5)14(10)18-4)12-8-9-13(17)16(12,2)3/h6-7,12H,8-9H2,1-5H3. The molecular weight excluding hydrogens is 240 g/mol. The Bertz CT molecular complexity index is 503. The molecular formula is C16H22O3. The third-order valence-electron chi connectivity index (χ3n) is 4.37. The normalized spacial score (nSPS) is 21.5. The minimum Gasteiger partial charge on any atom is -0.493 e. The number of ether oxygens (including phenoxy) is 2. The van der Waals surface area contributed by atoms with Crippen molar-refractivity contribution in [1.29, 1.82) is 0 Å². The Morgan fingerprint density at radius 2 is 1.79 bits per heavy atom. The Hall–Kier alpha value is -1.51. The first-order valence-corrected chi connectivity index (χ1v) is 6.68. The summed E-state index contributed by atoms with van der Waals surface area (Å²) < 4.78 is 11.0. The van der Waals surface area contributed by atoms with Crippen LogP contribution in [-0.2, 0) is 4.79 Å². The molecule has 0 N–H and O–H groups in total. The number of hydrogen-bond acceptors (Lipinski definition) is 3. The summed E-state index contributed by atoms with van der Waals surface area (Å²) in [6.07, 6.45) is 1.53. The molecule has 3 nitrogen and oxygen atoms in total. The van der Waals surface area contributed by atoms with Crippen LogP contribution < -0.4 is 9.47 Å². The van der Waals surface area contributed by atoms with E-state index in [0.29, 0.717) is 12.2 Å². The molecule has 0 amide bonds. The lowest BCUT2D eigenvalue weighted by molar-refractivity contribution is -0.124. The minimum atomic E-state index is -0.326. The molecule has 0 aliphatic heterocycles. The van der Waals surface area contributed by atoms with Gasteiger partial charge in [-0.25, -0.2) is 0 Å². The Morgan fingerprint density at radius 1 is 1.16 bits per heavy atom. The van der Waals surface area contributed by atoms with Gasteiger partial charge in [0.15, 0.2) is 11.5 Å². The Labute approximate surface area is 114 Å². The number of methoxy groups -OCH3 is 2. The predicted octanol–water partition coefficient (Wildman–Crippen LogP) is 3.48. The molecule has 0 saturated heterocycles. The first kappa shape index (κ1) is 13.9. The summed E-state index contributed by atoms with van der Waals surface area (Å²) >= 11 is 0. The number of benzene rings is 1. The molecule has 0 heterocycles. The van der Waals surface area contributed by atoms with Crippen LogP contribution in [0.3, 0.4) is 0 Å². The molecule has 1 saturated carbocycles. The molecule has 19 heavy (non-hydrogen) atoms. The highest BCUT2D eigenvalue weighted by Gasteiger charge is 2.44. The smallest absolute Gasteiger partial charge is 0.164 e. The number of rotatable bonds is 3. The second kappa shape index (κ2) is 4.87. The maximum Gasteiger partial charge on any atom is 0.164 e. The highest BCUT2D eigenvalue weighted by atomic mass is 16.5. The third kappa shape index (κ3) is 2.11. The van der Waals surface area contributed by atoms with Crippen molar-refractivity contribution in [2.45, 2.75) is 39.5 Å². The van der Waals surface area contributed by atoms with E-state index in [1.54, 1.807) is 14.2 Å². The summed E-state index contributed by atoms with van der Waals surface area (Å²) in [6.45, 7) is 6.05. The van der Waals surface area contributed by atoms with Gasteiger partial charge in [0.2, 0.25) is 0 Å². The zero-order valence-electron chi connectivity index (χ0n) is 12.4. The highest BCUT2D eigenvalue weighted by Crippen LogP contribution is 2.51. The number of aryl methyl sites for hydroxylation is 1. The molecule has 1 atom stereocenters. The topological polar surface area (TPSA) is 35.5 Å². The van der Waals surface area contributed by atoms with E-state index in [0.717, 1.165) is 29.0 Å². The van der Waals surface area contributed by atoms with E-state index in [4.69, 9.17) is 9.47 Å². The monoisotopic (exact) mass is 262 g/mol. The van der Waals surface area contributed by atoms with E-state index in [2.05, 4.69) is 6.07 Å². The van der Waals surface area contributed by atoms with Crippen molar-refractivity contribution in [2.75, 3.05) is 14.2 Å². The van der Waals surface area contributed by atoms with Crippen LogP contribution in [-0.4, -0.2) is 20.0 Å². The molecule has 1 aliphatic rings. The van der Waals surface area contributed by atoms with Crippen LogP contribution >= 0.6 is 0 Å². The molecule has 1 fully saturated rings. The van der Waals surface area contributed by atoms with Gasteiger partial charge in [0.1, 0.15) is 5.78 Å². The van der Waals surface area contributed by atoms with Crippen molar-refractivity contribution in [1.82, 2.24) is 0 Å². The van der Waals surface area contributed by atoms with Crippen LogP contribution in [0, 0.1) is 12.3 Å². The van der Waals surface area contributed by atoms with Gasteiger partial charge in [0, 0.05) is 23.3 Å². The zero-order chi connectivity index (χ0) is 14.2. The van der Waals surface area contributed by atoms with E-state index in [1.165, 1.54) is 0 Å². The van der Waals surface area contributed by atoms with E-state index in [1.807, 2.05) is 26.8 Å². The summed E-state index contributed by atoms with van der Waals surface area (Å²) in [5.74, 6) is 2.08. The fourth-order valence-electron chi connectivity index (χ4n) is 3.11. The molecule has 0 bridgehead atoms. The van der Waals surface area contributed by atoms with Crippen LogP contribution in [0.25, 0.3) is 0 Å². The van der Waals surface area contributed by atoms with Gasteiger partial charge in [-0.05, 0) is 18.9 Å². The molecule has 104 valence electrons. The first-order valence-electron chi connectivity index (χ1n) is 6.68. The van der Waals surface area contributed by atoms with Crippen molar-refractivity contribution >= 4 is 5.78 Å². The lowest BCUT2D eigenvalue weighted by Gasteiger charge is -2.28. The van der Waals surface area contributed by atoms with Gasteiger partial charge in [-0.15, -0.1) is 0 Å². The first-order chi connectivity index (χ1) is 8.93. The van der Waals surface area contributed by atoms with Gasteiger partial charge in [-0.1, -0.05) is 26.0 Å². The Morgan fingerprint density at radius 3 is 2.26 bits per heavy atom. The van der Waals surface area contributed by atoms with Crippen LogP contribution in [0.2, 0.25) is 0 Å². The number of ketones is 1. The number of hydrogen-bond donors (Lipinski definition) is 0. The van der Waals surface area contributed by atoms with E-state index < -0.39 is 0 Å². The van der Waals surface area contributed by atoms with Crippen molar-refractivity contribution in [2.24, 2.45) is 5.41 Å². The van der Waals surface area contributed by atoms with Gasteiger partial charge in [-0.3, -0.25) is 4.79 Å². The number of Topliss-reactive ketones (excluding diaryl/α,β-unsaturated/α-hetero) is 1. The molecule has 2 rings (SSSR count). The van der Waals surface area contributed by atoms with E-state index in [9.17, 15) is 4.79 Å². The van der Waals surface area contributed by atoms with Crippen LogP contribution in [0.5, 0.6) is 11.5 Å². The maximum atomic E-state index is 12.0. The van der Waals surface area contributed by atoms with Gasteiger partial charge in [0.05, 0.1) is 14.2 Å². The molecule has 0 spiro atoms. The average molecular weight is 262 g/mol. The van der Waals surface area contributed by atoms with Crippen LogP contribution in [0.1, 0.15) is 43.7 Å². The lowest BCUT2D eigenvalue weighted by atomic mass is 9.76. The predicted molar refractivity (Wildman–Crippen MR) is 75.0 cm³/mol. The second-order valence-electron chi connectivity index (χ2n) is 5.77. The maximum absolute atomic E-state index is 12.0. The average Bonchev–Trinajstić information content (AvgIpc) is 2.64. The van der Waals surface area contributed by atoms with Crippen molar-refractivity contribution in [3.05, 3.63) is 23.3 Å². The van der Waals surface area contributed by atoms with Crippen molar-refractivity contribution in [3.63, 3.8) is 0 Å². The van der Waals surface area contributed by atoms with Gasteiger partial charge in [0.25, 0.3) is 0 Å². The Balaban J connectivity index is 2.55. The molecule has 1 aliphatic carbocycles. The van der Waals surface area contributed by atoms with Crippen LogP contribution in [0.15, 0.2) is 12.1 Å². The third-order valence-corrected chi connectivity index (χ3v) is 4.37. The lowest BCUT2D eigenvalue weighted by Crippen LogP contribution is -2.24. The second-order valence-corrected chi connectivity index (χ2v) is 5.77. The van der Waals surface area contributed by atoms with Crippen molar-refractivity contribution < 1.29 is 14.3 Å². The fraction of sp³-hybridized carbons (Fsp3) is 0.562. The van der Waals surface area contributed by atoms with E-state index in [-0.39, 0.29) is 11.3 Å². The summed E-state index contributed by atoms with van der Waals surface area (Å²) in [5.41, 5.74) is 1.80. The summed E-state index contributed by atoms with van der Waals surface area (Å²) in [6, 6.07) is 4.11. The summed E-state index contributed by atoms with van der Waals surface area (Å²) in [5, 5.41) is 0. The van der Waals surface area contributed by atoms with E-state index >= 15 is 0 Å². The molecule has 1 aromatic rings. The highest BCUT2D eigenvalue weighted by molar-refractivity contribution is 5.88. The molecule has 0 aromatic heterocycles. The van der Waals surface area contributed by atoms with Crippen LogP contribution in [0.4, 0.5) is 0 Å². The fourth-order valence-corrected chi connectivity index (χ4v) is 3.11. The SMILES string of the molecule is COc1c(C)ccc(C2CCC(=O)C2(C)C)c1OC. The van der Waals surface area contributed by atoms with Gasteiger partial charge in [-0.2, -0.15) is 0 Å². The van der Waals surface area contributed by atoms with Gasteiger partial charge >= 0.3 is 0 Å². The molecule has 0 radical (unpaired) electrons. The number of carbonyl (C=O) groups is 1. The van der Waals surface area contributed by atoms with Crippen molar-refractivity contribution in [3.8, 4) is 11.5 Å². The summed E-state index contributed by atoms with van der Waals surface area (Å²) in [4.78, 5) is 12.0. The van der Waals surface area contributed by atoms with Gasteiger partial charge < -0.3 is 9.47 Å². The zero-order valence-corrected chi connectivity index (χ0v) is 12.4. The Kier molecular flexibility index (Phi) is 3.57. The summed E-state index contributed by atoms with van der Waals surface area (Å²) in [7, 11) is 3.31. The minimum absolute atomic E-state index is 0.199. The molecule has 1 unspecified atom stereocenters. The molecule has 1 aromatic carbocycles. The largest absolute Gasteiger partial charge is 0.493 e.